The van der Waals surface area contributed by atoms with Crippen molar-refractivity contribution in [1.29, 1.82) is 0 Å². The average molecular weight is 197 g/mol. The van der Waals surface area contributed by atoms with Crippen molar-refractivity contribution >= 4 is 11.8 Å². The monoisotopic (exact) mass is 197 g/mol. The van der Waals surface area contributed by atoms with E-state index in [1.54, 1.807) is 0 Å². The van der Waals surface area contributed by atoms with Crippen molar-refractivity contribution in [2.45, 2.75) is 20.0 Å². The maximum atomic E-state index is 12.0. The van der Waals surface area contributed by atoms with Gasteiger partial charge in [-0.15, -0.1) is 0 Å². The Kier molecular flexibility index (Phi) is 3.45. The summed E-state index contributed by atoms with van der Waals surface area (Å²) in [6.45, 7) is 1.44. The molecule has 0 N–H and O–H groups in total. The lowest BCUT2D eigenvalue weighted by Crippen LogP contribution is -2.44. The number of carboxylic acid groups (broad SMARTS) is 1. The molecule has 0 aromatic heterocycles. The van der Waals surface area contributed by atoms with Crippen LogP contribution in [0.4, 0.5) is 13.2 Å². The minimum Gasteiger partial charge on any atom is -0.549 e. The molecule has 0 fully saturated rings. The van der Waals surface area contributed by atoms with E-state index in [0.717, 1.165) is 6.92 Å². The number of carbonyl (C=O) groups is 2. The van der Waals surface area contributed by atoms with Crippen molar-refractivity contribution in [2.75, 3.05) is 0 Å². The molecular weight excluding hydrogens is 189 g/mol. The molecule has 76 valence electrons. The fraction of sp³-hybridized carbons (Fsp3) is 0.714. The van der Waals surface area contributed by atoms with E-state index in [4.69, 9.17) is 0 Å². The highest BCUT2D eigenvalue weighted by Gasteiger charge is 2.43. The normalized spacial score (nSPS) is 16.4. The zero-order valence-corrected chi connectivity index (χ0v) is 7.01. The highest BCUT2D eigenvalue weighted by molar-refractivity contribution is 5.96. The van der Waals surface area contributed by atoms with Gasteiger partial charge in [-0.2, -0.15) is 13.2 Å². The van der Waals surface area contributed by atoms with Gasteiger partial charge in [-0.3, -0.25) is 4.79 Å². The van der Waals surface area contributed by atoms with Crippen molar-refractivity contribution < 1.29 is 27.9 Å². The first-order valence-electron chi connectivity index (χ1n) is 3.46. The van der Waals surface area contributed by atoms with E-state index in [1.807, 2.05) is 0 Å². The first kappa shape index (κ1) is 11.9. The van der Waals surface area contributed by atoms with E-state index < -0.39 is 29.8 Å². The SMILES string of the molecule is CC(=O)C(C(=O)[O-])C(C)C(F)(F)F. The van der Waals surface area contributed by atoms with E-state index in [9.17, 15) is 27.9 Å². The molecule has 0 saturated heterocycles. The second-order valence-corrected chi connectivity index (χ2v) is 2.74. The molecule has 0 amide bonds. The second kappa shape index (κ2) is 3.76. The molecule has 2 unspecified atom stereocenters. The Hall–Kier alpha value is -1.07. The highest BCUT2D eigenvalue weighted by Crippen LogP contribution is 2.31. The lowest BCUT2D eigenvalue weighted by atomic mass is 9.90. The van der Waals surface area contributed by atoms with Gasteiger partial charge < -0.3 is 9.90 Å². The molecule has 0 spiro atoms. The first-order chi connectivity index (χ1) is 5.68. The maximum Gasteiger partial charge on any atom is 0.392 e. The Labute approximate surface area is 72.5 Å². The number of aliphatic carboxylic acids is 1. The van der Waals surface area contributed by atoms with Gasteiger partial charge in [-0.05, 0) is 6.92 Å². The summed E-state index contributed by atoms with van der Waals surface area (Å²) in [6.07, 6.45) is -4.70. The molecule has 0 aromatic rings. The summed E-state index contributed by atoms with van der Waals surface area (Å²) in [5.74, 6) is -7.36. The second-order valence-electron chi connectivity index (χ2n) is 2.74. The van der Waals surface area contributed by atoms with Gasteiger partial charge in [0.15, 0.2) is 0 Å². The molecule has 0 bridgehead atoms. The topological polar surface area (TPSA) is 57.2 Å². The lowest BCUT2D eigenvalue weighted by Gasteiger charge is -2.24. The van der Waals surface area contributed by atoms with Crippen LogP contribution >= 0.6 is 0 Å². The van der Waals surface area contributed by atoms with E-state index in [0.29, 0.717) is 6.92 Å². The fourth-order valence-corrected chi connectivity index (χ4v) is 0.911. The average Bonchev–Trinajstić information content (AvgIpc) is 1.82. The Morgan fingerprint density at radius 2 is 1.69 bits per heavy atom. The van der Waals surface area contributed by atoms with Crippen molar-refractivity contribution in [3.05, 3.63) is 0 Å². The molecule has 6 heteroatoms. The van der Waals surface area contributed by atoms with Crippen LogP contribution in [0.25, 0.3) is 0 Å². The van der Waals surface area contributed by atoms with Gasteiger partial charge in [0.25, 0.3) is 0 Å². The molecule has 13 heavy (non-hydrogen) atoms. The molecule has 0 aromatic carbocycles. The van der Waals surface area contributed by atoms with Crippen LogP contribution in [0, 0.1) is 11.8 Å². The smallest absolute Gasteiger partial charge is 0.392 e. The third-order valence-corrected chi connectivity index (χ3v) is 1.71. The number of halogens is 3. The predicted octanol–water partition coefficient (Wildman–Crippen LogP) is 0.140. The fourth-order valence-electron chi connectivity index (χ4n) is 0.911. The lowest BCUT2D eigenvalue weighted by molar-refractivity contribution is -0.316. The summed E-state index contributed by atoms with van der Waals surface area (Å²) < 4.78 is 35.9. The van der Waals surface area contributed by atoms with Crippen LogP contribution < -0.4 is 5.11 Å². The quantitative estimate of drug-likeness (QED) is 0.604. The van der Waals surface area contributed by atoms with E-state index in [1.165, 1.54) is 0 Å². The summed E-state index contributed by atoms with van der Waals surface area (Å²) in [4.78, 5) is 20.7. The number of hydrogen-bond acceptors (Lipinski definition) is 3. The Balaban J connectivity index is 4.77. The summed E-state index contributed by atoms with van der Waals surface area (Å²) in [6, 6.07) is 0. The molecular formula is C7H8F3O3-. The highest BCUT2D eigenvalue weighted by atomic mass is 19.4. The molecule has 0 rings (SSSR count). The summed E-state index contributed by atoms with van der Waals surface area (Å²) >= 11 is 0. The first-order valence-corrected chi connectivity index (χ1v) is 3.46. The van der Waals surface area contributed by atoms with Crippen LogP contribution in [-0.2, 0) is 9.59 Å². The van der Waals surface area contributed by atoms with Crippen LogP contribution in [0.3, 0.4) is 0 Å². The maximum absolute atomic E-state index is 12.0. The number of hydrogen-bond donors (Lipinski definition) is 0. The summed E-state index contributed by atoms with van der Waals surface area (Å²) in [7, 11) is 0. The van der Waals surface area contributed by atoms with Gasteiger partial charge in [0.1, 0.15) is 5.78 Å². The number of ketones is 1. The zero-order valence-electron chi connectivity index (χ0n) is 7.01. The van der Waals surface area contributed by atoms with Gasteiger partial charge in [0, 0.05) is 0 Å². The number of Topliss-reactive ketones (excluding diaryl/α,β-unsaturated/α-hetero) is 1. The molecule has 0 aliphatic heterocycles. The molecule has 0 aliphatic rings. The Morgan fingerprint density at radius 1 is 1.31 bits per heavy atom. The van der Waals surface area contributed by atoms with Crippen LogP contribution in [0.1, 0.15) is 13.8 Å². The molecule has 3 nitrogen and oxygen atoms in total. The van der Waals surface area contributed by atoms with Crippen LogP contribution in [0.15, 0.2) is 0 Å². The molecule has 0 heterocycles. The summed E-state index contributed by atoms with van der Waals surface area (Å²) in [5, 5.41) is 10.2. The number of carboxylic acids is 1. The minimum atomic E-state index is -4.70. The van der Waals surface area contributed by atoms with Gasteiger partial charge in [-0.1, -0.05) is 6.92 Å². The van der Waals surface area contributed by atoms with Crippen molar-refractivity contribution in [3.8, 4) is 0 Å². The standard InChI is InChI=1S/C7H9F3O3/c1-3(7(8,9)10)5(4(2)11)6(12)13/h3,5H,1-2H3,(H,12,13)/p-1. The van der Waals surface area contributed by atoms with Gasteiger partial charge in [-0.25, -0.2) is 0 Å². The number of alkyl halides is 3. The van der Waals surface area contributed by atoms with Crippen LogP contribution in [-0.4, -0.2) is 17.9 Å². The minimum absolute atomic E-state index is 0.641. The molecule has 0 radical (unpaired) electrons. The number of carbonyl (C=O) groups excluding carboxylic acids is 2. The van der Waals surface area contributed by atoms with Gasteiger partial charge in [0.2, 0.25) is 0 Å². The van der Waals surface area contributed by atoms with E-state index >= 15 is 0 Å². The molecule has 2 atom stereocenters. The third kappa shape index (κ3) is 3.04. The molecule has 0 saturated carbocycles. The number of rotatable bonds is 3. The largest absolute Gasteiger partial charge is 0.549 e. The van der Waals surface area contributed by atoms with Crippen LogP contribution in [0.2, 0.25) is 0 Å². The van der Waals surface area contributed by atoms with E-state index in [-0.39, 0.29) is 0 Å². The Bertz CT molecular complexity index is 208. The van der Waals surface area contributed by atoms with Crippen molar-refractivity contribution in [3.63, 3.8) is 0 Å². The zero-order chi connectivity index (χ0) is 10.8. The Morgan fingerprint density at radius 3 is 1.77 bits per heavy atom. The van der Waals surface area contributed by atoms with Gasteiger partial charge >= 0.3 is 6.18 Å². The summed E-state index contributed by atoms with van der Waals surface area (Å²) in [5.41, 5.74) is 0. The predicted molar refractivity (Wildman–Crippen MR) is 34.4 cm³/mol. The third-order valence-electron chi connectivity index (χ3n) is 1.71. The van der Waals surface area contributed by atoms with Gasteiger partial charge in [0.05, 0.1) is 17.8 Å². The van der Waals surface area contributed by atoms with Crippen molar-refractivity contribution in [2.24, 2.45) is 11.8 Å². The van der Waals surface area contributed by atoms with E-state index in [2.05, 4.69) is 0 Å². The molecule has 0 aliphatic carbocycles. The van der Waals surface area contributed by atoms with Crippen LogP contribution in [0.5, 0.6) is 0 Å². The van der Waals surface area contributed by atoms with Crippen molar-refractivity contribution in [1.82, 2.24) is 0 Å².